The molecule has 5 rings (SSSR count). The van der Waals surface area contributed by atoms with Gasteiger partial charge in [-0.3, -0.25) is 23.9 Å². The van der Waals surface area contributed by atoms with Crippen molar-refractivity contribution in [2.24, 2.45) is 0 Å². The predicted octanol–water partition coefficient (Wildman–Crippen LogP) is 4.64. The van der Waals surface area contributed by atoms with Crippen molar-refractivity contribution in [3.63, 3.8) is 0 Å². The van der Waals surface area contributed by atoms with E-state index in [1.807, 2.05) is 37.3 Å². The lowest BCUT2D eigenvalue weighted by atomic mass is 10.1. The second kappa shape index (κ2) is 16.9. The van der Waals surface area contributed by atoms with Gasteiger partial charge in [0.15, 0.2) is 28.2 Å². The number of unbranched alkanes of at least 4 members (excludes halogenated alkanes) is 2. The highest BCUT2D eigenvalue weighted by molar-refractivity contribution is 8.00. The zero-order chi connectivity index (χ0) is 33.9. The van der Waals surface area contributed by atoms with Crippen molar-refractivity contribution in [1.29, 1.82) is 0 Å². The van der Waals surface area contributed by atoms with Crippen molar-refractivity contribution in [2.45, 2.75) is 68.9 Å². The van der Waals surface area contributed by atoms with Crippen LogP contribution in [0.2, 0.25) is 0 Å². The Hall–Kier alpha value is -4.78. The number of hydrogen-bond donors (Lipinski definition) is 2. The Bertz CT molecular complexity index is 1780. The van der Waals surface area contributed by atoms with E-state index in [0.717, 1.165) is 17.5 Å². The van der Waals surface area contributed by atoms with Gasteiger partial charge in [0, 0.05) is 44.5 Å². The van der Waals surface area contributed by atoms with Gasteiger partial charge in [-0.15, -0.1) is 0 Å². The molecule has 2 aromatic carbocycles. The summed E-state index contributed by atoms with van der Waals surface area (Å²) in [6.45, 7) is 3.28. The normalized spacial score (nSPS) is 12.5. The fourth-order valence-electron chi connectivity index (χ4n) is 5.34. The fourth-order valence-corrected chi connectivity index (χ4v) is 6.40. The SMILES string of the molecule is CC[C@@H](Sc1nc2cc3c(cc2c(=O)n1CCCCCC(=O)NCCc1ccc(OC)c(OC)c1)OCO3)C(=O)NCc1cccnc1. The number of benzene rings is 2. The number of pyridine rings is 1. The van der Waals surface area contributed by atoms with E-state index < -0.39 is 5.25 Å². The molecule has 0 aliphatic carbocycles. The number of nitrogens with one attached hydrogen (secondary N) is 2. The number of carbonyl (C=O) groups is 2. The third kappa shape index (κ3) is 8.77. The van der Waals surface area contributed by atoms with Gasteiger partial charge in [0.25, 0.3) is 5.56 Å². The number of amides is 2. The van der Waals surface area contributed by atoms with Crippen molar-refractivity contribution < 1.29 is 28.5 Å². The quantitative estimate of drug-likeness (QED) is 0.0923. The van der Waals surface area contributed by atoms with Gasteiger partial charge >= 0.3 is 0 Å². The standard InChI is InChI=1S/C35H41N5O7S/c1-4-31(33(42)38-21-24-9-8-14-36-20-24)48-35-39-26-19-30-29(46-22-47-30)18-25(26)34(43)40(35)16-7-5-6-10-32(41)37-15-13-23-11-12-27(44-2)28(17-23)45-3/h8-9,11-12,14,17-20,31H,4-7,10,13,15-16,21-22H2,1-3H3,(H,37,41)(H,38,42)/t31-/m1/s1. The van der Waals surface area contributed by atoms with Crippen molar-refractivity contribution in [3.8, 4) is 23.0 Å². The van der Waals surface area contributed by atoms with Crippen LogP contribution in [-0.4, -0.2) is 59.2 Å². The Morgan fingerprint density at radius 1 is 1.00 bits per heavy atom. The van der Waals surface area contributed by atoms with Gasteiger partial charge in [-0.25, -0.2) is 4.98 Å². The van der Waals surface area contributed by atoms with Gasteiger partial charge in [-0.05, 0) is 61.1 Å². The summed E-state index contributed by atoms with van der Waals surface area (Å²) in [5, 5.41) is 6.38. The molecule has 0 bridgehead atoms. The van der Waals surface area contributed by atoms with Crippen LogP contribution in [0.3, 0.4) is 0 Å². The number of methoxy groups -OCH3 is 2. The van der Waals surface area contributed by atoms with Crippen LogP contribution < -0.4 is 35.1 Å². The van der Waals surface area contributed by atoms with Crippen molar-refractivity contribution in [3.05, 3.63) is 76.3 Å². The maximum atomic E-state index is 13.8. The summed E-state index contributed by atoms with van der Waals surface area (Å²) >= 11 is 1.27. The zero-order valence-electron chi connectivity index (χ0n) is 27.5. The van der Waals surface area contributed by atoms with Crippen molar-refractivity contribution >= 4 is 34.5 Å². The summed E-state index contributed by atoms with van der Waals surface area (Å²) in [5.74, 6) is 2.20. The van der Waals surface area contributed by atoms with Gasteiger partial charge in [-0.2, -0.15) is 0 Å². The minimum Gasteiger partial charge on any atom is -0.493 e. The average Bonchev–Trinajstić information content (AvgIpc) is 3.57. The largest absolute Gasteiger partial charge is 0.493 e. The molecule has 1 aliphatic rings. The van der Waals surface area contributed by atoms with Gasteiger partial charge in [0.05, 0.1) is 30.4 Å². The van der Waals surface area contributed by atoms with Crippen LogP contribution in [-0.2, 0) is 29.1 Å². The van der Waals surface area contributed by atoms with Crippen LogP contribution in [0.25, 0.3) is 10.9 Å². The van der Waals surface area contributed by atoms with Gasteiger partial charge < -0.3 is 29.6 Å². The Morgan fingerprint density at radius 2 is 1.81 bits per heavy atom. The lowest BCUT2D eigenvalue weighted by Gasteiger charge is -2.18. The molecule has 48 heavy (non-hydrogen) atoms. The smallest absolute Gasteiger partial charge is 0.262 e. The minimum absolute atomic E-state index is 0.0181. The highest BCUT2D eigenvalue weighted by atomic mass is 32.2. The lowest BCUT2D eigenvalue weighted by molar-refractivity contribution is -0.121. The van der Waals surface area contributed by atoms with Crippen LogP contribution in [0.5, 0.6) is 23.0 Å². The Balaban J connectivity index is 1.19. The van der Waals surface area contributed by atoms with E-state index in [0.29, 0.717) is 90.8 Å². The molecule has 12 nitrogen and oxygen atoms in total. The van der Waals surface area contributed by atoms with Gasteiger partial charge in [-0.1, -0.05) is 37.2 Å². The first kappa shape index (κ1) is 34.6. The molecule has 0 unspecified atom stereocenters. The molecule has 2 N–H and O–H groups in total. The number of thioether (sulfide) groups is 1. The highest BCUT2D eigenvalue weighted by Gasteiger charge is 2.24. The Kier molecular flexibility index (Phi) is 12.1. The number of aromatic nitrogens is 3. The monoisotopic (exact) mass is 675 g/mol. The first-order valence-corrected chi connectivity index (χ1v) is 16.9. The number of hydrogen-bond acceptors (Lipinski definition) is 10. The zero-order valence-corrected chi connectivity index (χ0v) is 28.3. The van der Waals surface area contributed by atoms with Crippen molar-refractivity contribution in [1.82, 2.24) is 25.2 Å². The number of rotatable bonds is 17. The predicted molar refractivity (Wildman–Crippen MR) is 183 cm³/mol. The van der Waals surface area contributed by atoms with Crippen LogP contribution in [0.1, 0.15) is 50.2 Å². The minimum atomic E-state index is -0.464. The second-order valence-electron chi connectivity index (χ2n) is 11.3. The number of ether oxygens (including phenoxy) is 4. The second-order valence-corrected chi connectivity index (χ2v) is 12.4. The molecule has 4 aromatic rings. The topological polar surface area (TPSA) is 143 Å². The summed E-state index contributed by atoms with van der Waals surface area (Å²) < 4.78 is 23.3. The van der Waals surface area contributed by atoms with E-state index in [-0.39, 0.29) is 24.2 Å². The number of nitrogens with zero attached hydrogens (tertiary/aromatic N) is 3. The maximum Gasteiger partial charge on any atom is 0.262 e. The highest BCUT2D eigenvalue weighted by Crippen LogP contribution is 2.35. The molecule has 0 saturated carbocycles. The summed E-state index contributed by atoms with van der Waals surface area (Å²) in [4.78, 5) is 48.4. The molecule has 2 aromatic heterocycles. The third-order valence-corrected chi connectivity index (χ3v) is 9.34. The van der Waals surface area contributed by atoms with E-state index in [1.165, 1.54) is 11.8 Å². The van der Waals surface area contributed by atoms with E-state index in [9.17, 15) is 14.4 Å². The Labute approximate surface area is 283 Å². The molecule has 1 atom stereocenters. The molecule has 254 valence electrons. The molecule has 0 spiro atoms. The van der Waals surface area contributed by atoms with Crippen LogP contribution in [0.15, 0.2) is 64.8 Å². The van der Waals surface area contributed by atoms with E-state index in [2.05, 4.69) is 15.6 Å². The Morgan fingerprint density at radius 3 is 2.56 bits per heavy atom. The van der Waals surface area contributed by atoms with Gasteiger partial charge in [0.2, 0.25) is 18.6 Å². The first-order chi connectivity index (χ1) is 23.4. The van der Waals surface area contributed by atoms with E-state index >= 15 is 0 Å². The average molecular weight is 676 g/mol. The molecular weight excluding hydrogens is 634 g/mol. The molecule has 1 aliphatic heterocycles. The molecule has 0 saturated heterocycles. The molecule has 2 amide bonds. The van der Waals surface area contributed by atoms with E-state index in [4.69, 9.17) is 23.9 Å². The third-order valence-electron chi connectivity index (χ3n) is 7.98. The van der Waals surface area contributed by atoms with Crippen LogP contribution in [0.4, 0.5) is 0 Å². The van der Waals surface area contributed by atoms with Crippen molar-refractivity contribution in [2.75, 3.05) is 27.6 Å². The molecule has 13 heteroatoms. The lowest BCUT2D eigenvalue weighted by Crippen LogP contribution is -2.33. The molecule has 3 heterocycles. The number of fused-ring (bicyclic) bond motifs is 2. The van der Waals surface area contributed by atoms with E-state index in [1.54, 1.807) is 43.3 Å². The number of carbonyl (C=O) groups excluding carboxylic acids is 2. The summed E-state index contributed by atoms with van der Waals surface area (Å²) in [6.07, 6.45) is 7.07. The first-order valence-electron chi connectivity index (χ1n) is 16.0. The summed E-state index contributed by atoms with van der Waals surface area (Å²) in [6, 6.07) is 12.8. The molecule has 0 fully saturated rings. The summed E-state index contributed by atoms with van der Waals surface area (Å²) in [5.41, 5.74) is 2.21. The van der Waals surface area contributed by atoms with Gasteiger partial charge in [0.1, 0.15) is 0 Å². The summed E-state index contributed by atoms with van der Waals surface area (Å²) in [7, 11) is 3.19. The molecule has 0 radical (unpaired) electrons. The van der Waals surface area contributed by atoms with Crippen LogP contribution in [0, 0.1) is 0 Å². The fraction of sp³-hybridized carbons (Fsp3) is 0.400. The maximum absolute atomic E-state index is 13.8. The molecular formula is C35H41N5O7S. The van der Waals surface area contributed by atoms with Crippen LogP contribution >= 0.6 is 11.8 Å².